The van der Waals surface area contributed by atoms with E-state index >= 15 is 0 Å². The molecule has 2 N–H and O–H groups in total. The SMILES string of the molecule is CNCc1cc(F)ccc1Sc1c[nH]c2ccc(OC)c(C)c12. The Kier molecular flexibility index (Phi) is 4.59. The van der Waals surface area contributed by atoms with E-state index in [2.05, 4.69) is 17.2 Å². The van der Waals surface area contributed by atoms with Crippen LogP contribution in [0.25, 0.3) is 10.9 Å². The highest BCUT2D eigenvalue weighted by Gasteiger charge is 2.13. The Balaban J connectivity index is 2.05. The Morgan fingerprint density at radius 1 is 1.22 bits per heavy atom. The van der Waals surface area contributed by atoms with Gasteiger partial charge in [0.1, 0.15) is 11.6 Å². The number of fused-ring (bicyclic) bond motifs is 1. The highest BCUT2D eigenvalue weighted by molar-refractivity contribution is 7.99. The van der Waals surface area contributed by atoms with Crippen LogP contribution in [0.1, 0.15) is 11.1 Å². The summed E-state index contributed by atoms with van der Waals surface area (Å²) in [5, 5.41) is 4.24. The fourth-order valence-corrected chi connectivity index (χ4v) is 3.86. The van der Waals surface area contributed by atoms with Gasteiger partial charge in [-0.05, 0) is 49.9 Å². The van der Waals surface area contributed by atoms with Crippen molar-refractivity contribution in [2.75, 3.05) is 14.2 Å². The topological polar surface area (TPSA) is 37.0 Å². The molecule has 0 radical (unpaired) electrons. The van der Waals surface area contributed by atoms with E-state index < -0.39 is 0 Å². The minimum Gasteiger partial charge on any atom is -0.496 e. The average Bonchev–Trinajstić information content (AvgIpc) is 2.94. The van der Waals surface area contributed by atoms with Gasteiger partial charge in [-0.2, -0.15) is 0 Å². The third-order valence-corrected chi connectivity index (χ3v) is 5.01. The molecule has 3 rings (SSSR count). The summed E-state index contributed by atoms with van der Waals surface area (Å²) < 4.78 is 18.9. The van der Waals surface area contributed by atoms with Crippen LogP contribution in [0.3, 0.4) is 0 Å². The summed E-state index contributed by atoms with van der Waals surface area (Å²) in [6.45, 7) is 2.68. The Morgan fingerprint density at radius 3 is 2.78 bits per heavy atom. The molecule has 1 aromatic heterocycles. The van der Waals surface area contributed by atoms with Gasteiger partial charge in [0.15, 0.2) is 0 Å². The van der Waals surface area contributed by atoms with Crippen molar-refractivity contribution in [1.82, 2.24) is 10.3 Å². The van der Waals surface area contributed by atoms with Crippen molar-refractivity contribution in [3.8, 4) is 5.75 Å². The van der Waals surface area contributed by atoms with Gasteiger partial charge in [-0.15, -0.1) is 0 Å². The van der Waals surface area contributed by atoms with Gasteiger partial charge in [0, 0.05) is 39.0 Å². The first-order chi connectivity index (χ1) is 11.1. The standard InChI is InChI=1S/C18H19FN2OS/c1-11-15(22-3)6-5-14-18(11)17(10-21-14)23-16-7-4-13(19)8-12(16)9-20-2/h4-8,10,20-21H,9H2,1-3H3. The van der Waals surface area contributed by atoms with Crippen LogP contribution in [-0.2, 0) is 6.54 Å². The Hall–Kier alpha value is -1.98. The maximum Gasteiger partial charge on any atom is 0.123 e. The number of aryl methyl sites for hydroxylation is 1. The smallest absolute Gasteiger partial charge is 0.123 e. The van der Waals surface area contributed by atoms with Crippen molar-refractivity contribution in [2.24, 2.45) is 0 Å². The van der Waals surface area contributed by atoms with Gasteiger partial charge >= 0.3 is 0 Å². The summed E-state index contributed by atoms with van der Waals surface area (Å²) >= 11 is 1.64. The summed E-state index contributed by atoms with van der Waals surface area (Å²) in [5.41, 5.74) is 3.13. The number of hydrogen-bond donors (Lipinski definition) is 2. The number of aromatic amines is 1. The van der Waals surface area contributed by atoms with Crippen molar-refractivity contribution in [3.63, 3.8) is 0 Å². The maximum absolute atomic E-state index is 13.5. The fraction of sp³-hybridized carbons (Fsp3) is 0.222. The normalized spacial score (nSPS) is 11.1. The Labute approximate surface area is 139 Å². The third kappa shape index (κ3) is 3.07. The number of benzene rings is 2. The lowest BCUT2D eigenvalue weighted by Gasteiger charge is -2.10. The molecule has 0 atom stereocenters. The number of ether oxygens (including phenoxy) is 1. The van der Waals surface area contributed by atoms with Crippen LogP contribution in [-0.4, -0.2) is 19.1 Å². The number of aromatic nitrogens is 1. The molecule has 2 aromatic carbocycles. The minimum atomic E-state index is -0.212. The number of nitrogens with one attached hydrogen (secondary N) is 2. The Morgan fingerprint density at radius 2 is 2.04 bits per heavy atom. The van der Waals surface area contributed by atoms with Crippen molar-refractivity contribution < 1.29 is 9.13 Å². The van der Waals surface area contributed by atoms with E-state index in [9.17, 15) is 4.39 Å². The van der Waals surface area contributed by atoms with Gasteiger partial charge in [0.25, 0.3) is 0 Å². The summed E-state index contributed by atoms with van der Waals surface area (Å²) in [6.07, 6.45) is 1.99. The predicted octanol–water partition coefficient (Wildman–Crippen LogP) is 4.49. The van der Waals surface area contributed by atoms with Crippen molar-refractivity contribution in [2.45, 2.75) is 23.3 Å². The molecular formula is C18H19FN2OS. The van der Waals surface area contributed by atoms with E-state index in [4.69, 9.17) is 4.74 Å². The molecule has 0 fully saturated rings. The molecule has 0 aliphatic carbocycles. The van der Waals surface area contributed by atoms with Gasteiger partial charge < -0.3 is 15.0 Å². The number of methoxy groups -OCH3 is 1. The third-order valence-electron chi connectivity index (χ3n) is 3.85. The van der Waals surface area contributed by atoms with Crippen LogP contribution < -0.4 is 10.1 Å². The van der Waals surface area contributed by atoms with E-state index in [0.29, 0.717) is 6.54 Å². The largest absolute Gasteiger partial charge is 0.496 e. The quantitative estimate of drug-likeness (QED) is 0.723. The molecule has 23 heavy (non-hydrogen) atoms. The molecule has 0 unspecified atom stereocenters. The summed E-state index contributed by atoms with van der Waals surface area (Å²) in [7, 11) is 3.54. The lowest BCUT2D eigenvalue weighted by molar-refractivity contribution is 0.412. The van der Waals surface area contributed by atoms with E-state index in [1.807, 2.05) is 31.4 Å². The molecule has 0 amide bonds. The van der Waals surface area contributed by atoms with Crippen LogP contribution in [0.4, 0.5) is 4.39 Å². The molecule has 0 saturated heterocycles. The van der Waals surface area contributed by atoms with Gasteiger partial charge in [0.2, 0.25) is 0 Å². The van der Waals surface area contributed by atoms with Crippen molar-refractivity contribution >= 4 is 22.7 Å². The van der Waals surface area contributed by atoms with Crippen LogP contribution in [0.2, 0.25) is 0 Å². The monoisotopic (exact) mass is 330 g/mol. The maximum atomic E-state index is 13.5. The van der Waals surface area contributed by atoms with Crippen molar-refractivity contribution in [3.05, 3.63) is 53.5 Å². The first kappa shape index (κ1) is 15.9. The molecule has 0 saturated carbocycles. The van der Waals surface area contributed by atoms with Crippen LogP contribution in [0, 0.1) is 12.7 Å². The fourth-order valence-electron chi connectivity index (χ4n) is 2.74. The zero-order valence-electron chi connectivity index (χ0n) is 13.4. The second-order valence-electron chi connectivity index (χ2n) is 5.35. The predicted molar refractivity (Wildman–Crippen MR) is 92.9 cm³/mol. The van der Waals surface area contributed by atoms with Crippen molar-refractivity contribution in [1.29, 1.82) is 0 Å². The van der Waals surface area contributed by atoms with E-state index in [-0.39, 0.29) is 5.82 Å². The average molecular weight is 330 g/mol. The van der Waals surface area contributed by atoms with Crippen LogP contribution >= 0.6 is 11.8 Å². The van der Waals surface area contributed by atoms with Gasteiger partial charge in [-0.3, -0.25) is 0 Å². The van der Waals surface area contributed by atoms with Gasteiger partial charge in [0.05, 0.1) is 7.11 Å². The summed E-state index contributed by atoms with van der Waals surface area (Å²) in [5.74, 6) is 0.657. The number of rotatable bonds is 5. The first-order valence-corrected chi connectivity index (χ1v) is 8.21. The Bertz CT molecular complexity index is 844. The zero-order chi connectivity index (χ0) is 16.4. The van der Waals surface area contributed by atoms with Gasteiger partial charge in [-0.1, -0.05) is 11.8 Å². The highest BCUT2D eigenvalue weighted by atomic mass is 32.2. The van der Waals surface area contributed by atoms with Crippen LogP contribution in [0.15, 0.2) is 46.3 Å². The zero-order valence-corrected chi connectivity index (χ0v) is 14.2. The first-order valence-electron chi connectivity index (χ1n) is 7.39. The molecule has 0 spiro atoms. The molecule has 0 aliphatic heterocycles. The molecule has 120 valence electrons. The molecule has 0 bridgehead atoms. The summed E-state index contributed by atoms with van der Waals surface area (Å²) in [6, 6.07) is 8.91. The summed E-state index contributed by atoms with van der Waals surface area (Å²) in [4.78, 5) is 5.45. The molecule has 3 nitrogen and oxygen atoms in total. The second-order valence-corrected chi connectivity index (χ2v) is 6.44. The molecule has 3 aromatic rings. The molecule has 1 heterocycles. The lowest BCUT2D eigenvalue weighted by atomic mass is 10.1. The van der Waals surface area contributed by atoms with E-state index in [1.165, 1.54) is 6.07 Å². The lowest BCUT2D eigenvalue weighted by Crippen LogP contribution is -2.06. The molecular weight excluding hydrogens is 311 g/mol. The van der Waals surface area contributed by atoms with E-state index in [0.717, 1.165) is 37.6 Å². The highest BCUT2D eigenvalue weighted by Crippen LogP contribution is 2.39. The second kappa shape index (κ2) is 6.64. The minimum absolute atomic E-state index is 0.212. The molecule has 0 aliphatic rings. The molecule has 5 heteroatoms. The number of hydrogen-bond acceptors (Lipinski definition) is 3. The number of halogens is 1. The van der Waals surface area contributed by atoms with Gasteiger partial charge in [-0.25, -0.2) is 4.39 Å². The van der Waals surface area contributed by atoms with Crippen LogP contribution in [0.5, 0.6) is 5.75 Å². The number of H-pyrrole nitrogens is 1. The van der Waals surface area contributed by atoms with E-state index in [1.54, 1.807) is 24.9 Å².